The van der Waals surface area contributed by atoms with Gasteiger partial charge in [-0.1, -0.05) is 36.4 Å². The highest BCUT2D eigenvalue weighted by atomic mass is 79.9. The molecule has 0 aliphatic heterocycles. The van der Waals surface area contributed by atoms with E-state index >= 15 is 0 Å². The fourth-order valence-electron chi connectivity index (χ4n) is 2.30. The minimum absolute atomic E-state index is 0.348. The van der Waals surface area contributed by atoms with E-state index < -0.39 is 0 Å². The van der Waals surface area contributed by atoms with Gasteiger partial charge in [-0.25, -0.2) is 0 Å². The molecule has 1 nitrogen and oxygen atoms in total. The molecule has 0 aliphatic rings. The van der Waals surface area contributed by atoms with Crippen molar-refractivity contribution in [2.75, 3.05) is 0 Å². The van der Waals surface area contributed by atoms with Crippen LogP contribution in [0.25, 0.3) is 10.8 Å². The molecule has 3 heteroatoms. The summed E-state index contributed by atoms with van der Waals surface area (Å²) in [6, 6.07) is 19.8. The van der Waals surface area contributed by atoms with Gasteiger partial charge in [0.25, 0.3) is 0 Å². The van der Waals surface area contributed by atoms with Crippen LogP contribution < -0.4 is 5.32 Å². The number of rotatable bonds is 4. The number of benzene rings is 2. The Morgan fingerprint density at radius 1 is 1.05 bits per heavy atom. The van der Waals surface area contributed by atoms with Crippen molar-refractivity contribution < 1.29 is 0 Å². The van der Waals surface area contributed by atoms with Gasteiger partial charge in [0.15, 0.2) is 0 Å². The molecule has 3 rings (SSSR count). The number of nitrogens with one attached hydrogen (secondary N) is 1. The summed E-state index contributed by atoms with van der Waals surface area (Å²) >= 11 is 5.28. The summed E-state index contributed by atoms with van der Waals surface area (Å²) in [6.07, 6.45) is 0. The topological polar surface area (TPSA) is 12.0 Å². The zero-order valence-electron chi connectivity index (χ0n) is 11.3. The molecule has 0 bridgehead atoms. The fourth-order valence-corrected chi connectivity index (χ4v) is 3.73. The third kappa shape index (κ3) is 3.11. The summed E-state index contributed by atoms with van der Waals surface area (Å²) in [5.74, 6) is 0. The quantitative estimate of drug-likeness (QED) is 0.656. The van der Waals surface area contributed by atoms with Crippen LogP contribution in [-0.2, 0) is 6.54 Å². The average Bonchev–Trinajstić information content (AvgIpc) is 2.90. The van der Waals surface area contributed by atoms with E-state index in [9.17, 15) is 0 Å². The van der Waals surface area contributed by atoms with Crippen molar-refractivity contribution in [2.24, 2.45) is 0 Å². The first kappa shape index (κ1) is 13.8. The molecule has 2 aromatic carbocycles. The van der Waals surface area contributed by atoms with Gasteiger partial charge in [0.05, 0.1) is 3.79 Å². The Morgan fingerprint density at radius 3 is 2.60 bits per heavy atom. The molecule has 1 N–H and O–H groups in total. The third-order valence-electron chi connectivity index (χ3n) is 3.48. The Kier molecular flexibility index (Phi) is 4.20. The summed E-state index contributed by atoms with van der Waals surface area (Å²) < 4.78 is 1.19. The van der Waals surface area contributed by atoms with Gasteiger partial charge >= 0.3 is 0 Å². The molecule has 1 unspecified atom stereocenters. The van der Waals surface area contributed by atoms with Crippen LogP contribution >= 0.6 is 27.3 Å². The molecular weight excluding hydrogens is 330 g/mol. The first-order valence-electron chi connectivity index (χ1n) is 6.69. The molecule has 3 aromatic rings. The van der Waals surface area contributed by atoms with E-state index in [-0.39, 0.29) is 0 Å². The zero-order valence-corrected chi connectivity index (χ0v) is 13.7. The largest absolute Gasteiger partial charge is 0.305 e. The van der Waals surface area contributed by atoms with Gasteiger partial charge in [0.1, 0.15) is 0 Å². The number of halogens is 1. The molecule has 0 fully saturated rings. The van der Waals surface area contributed by atoms with Crippen LogP contribution in [0.15, 0.2) is 58.4 Å². The van der Waals surface area contributed by atoms with Gasteiger partial charge in [-0.15, -0.1) is 11.3 Å². The molecule has 0 spiro atoms. The minimum atomic E-state index is 0.348. The van der Waals surface area contributed by atoms with Crippen molar-refractivity contribution in [2.45, 2.75) is 19.5 Å². The van der Waals surface area contributed by atoms with Crippen molar-refractivity contribution in [1.82, 2.24) is 5.32 Å². The molecule has 0 saturated heterocycles. The second-order valence-corrected chi connectivity index (χ2v) is 7.46. The minimum Gasteiger partial charge on any atom is -0.305 e. The van der Waals surface area contributed by atoms with E-state index in [1.165, 1.54) is 25.0 Å². The van der Waals surface area contributed by atoms with Gasteiger partial charge in [-0.2, -0.15) is 0 Å². The SMILES string of the molecule is CC(NCc1ccc(Br)s1)c1ccc2ccccc2c1. The van der Waals surface area contributed by atoms with Crippen molar-refractivity contribution in [1.29, 1.82) is 0 Å². The summed E-state index contributed by atoms with van der Waals surface area (Å²) in [7, 11) is 0. The molecule has 1 aromatic heterocycles. The number of hydrogen-bond acceptors (Lipinski definition) is 2. The number of fused-ring (bicyclic) bond motifs is 1. The van der Waals surface area contributed by atoms with Gasteiger partial charge < -0.3 is 5.32 Å². The maximum Gasteiger partial charge on any atom is 0.0701 e. The predicted octanol–water partition coefficient (Wildman–Crippen LogP) is 5.51. The van der Waals surface area contributed by atoms with Gasteiger partial charge in [-0.3, -0.25) is 0 Å². The molecule has 1 atom stereocenters. The van der Waals surface area contributed by atoms with Gasteiger partial charge in [0, 0.05) is 17.5 Å². The van der Waals surface area contributed by atoms with Crippen molar-refractivity contribution in [3.05, 3.63) is 68.8 Å². The van der Waals surface area contributed by atoms with E-state index in [1.54, 1.807) is 11.3 Å². The summed E-state index contributed by atoms with van der Waals surface area (Å²) in [4.78, 5) is 1.35. The van der Waals surface area contributed by atoms with Crippen molar-refractivity contribution in [3.8, 4) is 0 Å². The molecule has 1 heterocycles. The Labute approximate surface area is 131 Å². The maximum atomic E-state index is 3.58. The molecule has 102 valence electrons. The van der Waals surface area contributed by atoms with Gasteiger partial charge in [-0.05, 0) is 57.4 Å². The number of hydrogen-bond donors (Lipinski definition) is 1. The van der Waals surface area contributed by atoms with E-state index in [1.807, 2.05) is 0 Å². The molecule has 0 aliphatic carbocycles. The maximum absolute atomic E-state index is 3.58. The van der Waals surface area contributed by atoms with Gasteiger partial charge in [0.2, 0.25) is 0 Å². The summed E-state index contributed by atoms with van der Waals surface area (Å²) in [6.45, 7) is 3.12. The zero-order chi connectivity index (χ0) is 13.9. The van der Waals surface area contributed by atoms with Crippen LogP contribution in [0.2, 0.25) is 0 Å². The van der Waals surface area contributed by atoms with Crippen LogP contribution in [0, 0.1) is 0 Å². The number of thiophene rings is 1. The molecular formula is C17H16BrNS. The highest BCUT2D eigenvalue weighted by molar-refractivity contribution is 9.11. The monoisotopic (exact) mass is 345 g/mol. The van der Waals surface area contributed by atoms with Crippen LogP contribution in [0.1, 0.15) is 23.4 Å². The Bertz CT molecular complexity index is 720. The molecule has 0 saturated carbocycles. The van der Waals surface area contributed by atoms with Crippen LogP contribution in [0.5, 0.6) is 0 Å². The van der Waals surface area contributed by atoms with Crippen LogP contribution in [0.4, 0.5) is 0 Å². The Hall–Kier alpha value is -1.16. The summed E-state index contributed by atoms with van der Waals surface area (Å²) in [5.41, 5.74) is 1.33. The lowest BCUT2D eigenvalue weighted by atomic mass is 10.0. The summed E-state index contributed by atoms with van der Waals surface area (Å²) in [5, 5.41) is 6.18. The van der Waals surface area contributed by atoms with Crippen molar-refractivity contribution in [3.63, 3.8) is 0 Å². The lowest BCUT2D eigenvalue weighted by molar-refractivity contribution is 0.579. The van der Waals surface area contributed by atoms with E-state index in [0.717, 1.165) is 6.54 Å². The highest BCUT2D eigenvalue weighted by Crippen LogP contribution is 2.24. The predicted molar refractivity (Wildman–Crippen MR) is 91.2 cm³/mol. The standard InChI is InChI=1S/C17H16BrNS/c1-12(19-11-16-8-9-17(18)20-16)14-7-6-13-4-2-3-5-15(13)10-14/h2-10,12,19H,11H2,1H3. The molecule has 0 radical (unpaired) electrons. The van der Waals surface area contributed by atoms with E-state index in [0.29, 0.717) is 6.04 Å². The van der Waals surface area contributed by atoms with E-state index in [2.05, 4.69) is 82.8 Å². The fraction of sp³-hybridized carbons (Fsp3) is 0.176. The average molecular weight is 346 g/mol. The Balaban J connectivity index is 1.73. The van der Waals surface area contributed by atoms with Crippen molar-refractivity contribution >= 4 is 38.0 Å². The highest BCUT2D eigenvalue weighted by Gasteiger charge is 2.06. The first-order chi connectivity index (χ1) is 9.72. The smallest absolute Gasteiger partial charge is 0.0701 e. The first-order valence-corrected chi connectivity index (χ1v) is 8.29. The van der Waals surface area contributed by atoms with Crippen LogP contribution in [-0.4, -0.2) is 0 Å². The lowest BCUT2D eigenvalue weighted by Crippen LogP contribution is -2.17. The normalized spacial score (nSPS) is 12.7. The Morgan fingerprint density at radius 2 is 1.85 bits per heavy atom. The third-order valence-corrected chi connectivity index (χ3v) is 5.11. The van der Waals surface area contributed by atoms with E-state index in [4.69, 9.17) is 0 Å². The second-order valence-electron chi connectivity index (χ2n) is 4.91. The lowest BCUT2D eigenvalue weighted by Gasteiger charge is -2.14. The molecule has 0 amide bonds. The second kappa shape index (κ2) is 6.08. The van der Waals surface area contributed by atoms with Crippen LogP contribution in [0.3, 0.4) is 0 Å². The molecule has 20 heavy (non-hydrogen) atoms.